The number of nitrogens with one attached hydrogen (secondary N) is 4. The Balaban J connectivity index is 1.80. The van der Waals surface area contributed by atoms with E-state index in [4.69, 9.17) is 22.9 Å². The van der Waals surface area contributed by atoms with Crippen molar-refractivity contribution in [3.05, 3.63) is 47.5 Å². The maximum Gasteiger partial charge on any atom is 0.247 e. The summed E-state index contributed by atoms with van der Waals surface area (Å²) in [6.45, 7) is -0.198. The number of carbonyl (C=O) groups excluding carboxylic acids is 4. The molecule has 1 aliphatic carbocycles. The monoisotopic (exact) mass is 656 g/mol. The summed E-state index contributed by atoms with van der Waals surface area (Å²) in [7, 11) is 0. The molecule has 16 heteroatoms. The second kappa shape index (κ2) is 15.1. The van der Waals surface area contributed by atoms with Gasteiger partial charge >= 0.3 is 0 Å². The van der Waals surface area contributed by atoms with Gasteiger partial charge in [0.15, 0.2) is 0 Å². The summed E-state index contributed by atoms with van der Waals surface area (Å²) in [5.74, 6) is -4.11. The van der Waals surface area contributed by atoms with Gasteiger partial charge in [0.05, 0.1) is 18.2 Å². The number of hydrogen-bond donors (Lipinski definition) is 12. The van der Waals surface area contributed by atoms with Gasteiger partial charge in [0.25, 0.3) is 0 Å². The molecule has 1 unspecified atom stereocenters. The first-order valence-corrected chi connectivity index (χ1v) is 15.4. The first kappa shape index (κ1) is 35.5. The lowest BCUT2D eigenvalue weighted by atomic mass is 9.95. The minimum atomic E-state index is -1.73. The third-order valence-electron chi connectivity index (χ3n) is 8.56. The zero-order valence-corrected chi connectivity index (χ0v) is 25.8. The van der Waals surface area contributed by atoms with Crippen molar-refractivity contribution in [1.82, 2.24) is 21.3 Å². The number of amides is 4. The van der Waals surface area contributed by atoms with Crippen LogP contribution in [0.5, 0.6) is 11.5 Å². The van der Waals surface area contributed by atoms with Crippen molar-refractivity contribution in [3.63, 3.8) is 0 Å². The topological polar surface area (TPSA) is 301 Å². The zero-order valence-electron chi connectivity index (χ0n) is 25.8. The normalized spacial score (nSPS) is 24.3. The molecule has 1 saturated carbocycles. The van der Waals surface area contributed by atoms with Crippen molar-refractivity contribution in [3.8, 4) is 22.6 Å². The first-order chi connectivity index (χ1) is 22.3. The molecule has 4 amide bonds. The number of hydrogen-bond acceptors (Lipinski definition) is 12. The molecule has 16 N–H and O–H groups in total. The van der Waals surface area contributed by atoms with E-state index < -0.39 is 65.4 Å². The number of phenols is 2. The molecule has 7 atom stereocenters. The van der Waals surface area contributed by atoms with E-state index in [1.165, 1.54) is 12.1 Å². The van der Waals surface area contributed by atoms with Crippen LogP contribution in [-0.2, 0) is 25.6 Å². The van der Waals surface area contributed by atoms with Gasteiger partial charge in [0.1, 0.15) is 29.1 Å². The number of benzene rings is 2. The van der Waals surface area contributed by atoms with E-state index in [9.17, 15) is 39.6 Å². The van der Waals surface area contributed by atoms with E-state index in [0.717, 1.165) is 0 Å². The average Bonchev–Trinajstić information content (AvgIpc) is 3.77. The Hall–Kier alpha value is -4.32. The molecule has 1 heterocycles. The van der Waals surface area contributed by atoms with Crippen molar-refractivity contribution in [2.75, 3.05) is 26.2 Å². The van der Waals surface area contributed by atoms with E-state index >= 15 is 0 Å². The smallest absolute Gasteiger partial charge is 0.247 e. The molecule has 256 valence electrons. The lowest BCUT2D eigenvalue weighted by molar-refractivity contribution is -0.135. The van der Waals surface area contributed by atoms with E-state index in [-0.39, 0.29) is 63.4 Å². The number of carbonyl (C=O) groups is 4. The van der Waals surface area contributed by atoms with Gasteiger partial charge in [-0.25, -0.2) is 0 Å². The predicted octanol–water partition coefficient (Wildman–Crippen LogP) is -3.55. The number of phenolic OH excluding ortho intramolecular Hbond substituents is 2. The van der Waals surface area contributed by atoms with Crippen molar-refractivity contribution >= 4 is 23.6 Å². The number of aliphatic hydroxyl groups is 2. The van der Waals surface area contributed by atoms with Gasteiger partial charge in [-0.2, -0.15) is 0 Å². The van der Waals surface area contributed by atoms with E-state index in [1.54, 1.807) is 24.3 Å². The molecule has 47 heavy (non-hydrogen) atoms. The van der Waals surface area contributed by atoms with Gasteiger partial charge < -0.3 is 64.6 Å². The van der Waals surface area contributed by atoms with Crippen LogP contribution in [0.2, 0.25) is 0 Å². The lowest BCUT2D eigenvalue weighted by Crippen LogP contribution is -2.60. The van der Waals surface area contributed by atoms with E-state index in [0.29, 0.717) is 22.3 Å². The van der Waals surface area contributed by atoms with Crippen molar-refractivity contribution < 1.29 is 39.6 Å². The average molecular weight is 657 g/mol. The number of fused-ring (bicyclic) bond motifs is 7. The van der Waals surface area contributed by atoms with Crippen LogP contribution < -0.4 is 44.2 Å². The predicted molar refractivity (Wildman–Crippen MR) is 170 cm³/mol. The maximum atomic E-state index is 14.1. The molecule has 1 aliphatic heterocycles. The van der Waals surface area contributed by atoms with Crippen LogP contribution in [0.15, 0.2) is 36.4 Å². The van der Waals surface area contributed by atoms with Crippen LogP contribution in [0.25, 0.3) is 11.1 Å². The molecule has 2 aliphatic rings. The molecular weight excluding hydrogens is 612 g/mol. The largest absolute Gasteiger partial charge is 0.508 e. The molecule has 16 nitrogen and oxygen atoms in total. The minimum Gasteiger partial charge on any atom is -0.508 e. The summed E-state index contributed by atoms with van der Waals surface area (Å²) < 4.78 is 0. The molecule has 4 bridgehead atoms. The fraction of sp³-hybridized carbons (Fsp3) is 0.484. The summed E-state index contributed by atoms with van der Waals surface area (Å²) >= 11 is 0. The summed E-state index contributed by atoms with van der Waals surface area (Å²) in [6.07, 6.45) is -3.02. The Morgan fingerprint density at radius 2 is 1.62 bits per heavy atom. The highest BCUT2D eigenvalue weighted by Crippen LogP contribution is 2.55. The second-order valence-corrected chi connectivity index (χ2v) is 12.1. The summed E-state index contributed by atoms with van der Waals surface area (Å²) in [4.78, 5) is 54.1. The highest BCUT2D eigenvalue weighted by molar-refractivity contribution is 6.00. The molecule has 2 aromatic rings. The van der Waals surface area contributed by atoms with E-state index in [2.05, 4.69) is 21.3 Å². The van der Waals surface area contributed by atoms with Crippen molar-refractivity contribution in [2.45, 2.75) is 67.5 Å². The summed E-state index contributed by atoms with van der Waals surface area (Å²) in [5, 5.41) is 52.5. The van der Waals surface area contributed by atoms with Crippen LogP contribution >= 0.6 is 0 Å². The highest BCUT2D eigenvalue weighted by atomic mass is 16.3. The Labute approximate surface area is 271 Å². The van der Waals surface area contributed by atoms with Crippen LogP contribution in [0, 0.1) is 0 Å². The molecule has 0 saturated heterocycles. The van der Waals surface area contributed by atoms with Gasteiger partial charge in [-0.15, -0.1) is 0 Å². The Morgan fingerprint density at radius 3 is 2.28 bits per heavy atom. The quantitative estimate of drug-likeness (QED) is 0.112. The number of aromatic hydroxyl groups is 2. The van der Waals surface area contributed by atoms with Gasteiger partial charge in [-0.05, 0) is 47.4 Å². The standard InChI is InChI=1S/C31H44N8O8/c32-5-6-36-28(45)23(10-18(40)13-33)38-30(47)31-12-21(31)20-8-16(2-4-26(20)43)15-1-3-25(42)17(7-15)9-22(35)27(44)37-24(29(46)39-31)11-19(41)14-34/h1-4,7-8,18-19,21-24,40-43H,5-6,9-14,32-35H2,(H,36,45)(H,37,44)(H,38,47)(H,39,46)/t18-,19-,21?,22+,23+,24+,31+/m1/s1. The lowest BCUT2D eigenvalue weighted by Gasteiger charge is -2.28. The first-order valence-electron chi connectivity index (χ1n) is 15.4. The molecule has 1 fully saturated rings. The van der Waals surface area contributed by atoms with Gasteiger partial charge in [0.2, 0.25) is 23.6 Å². The Bertz CT molecular complexity index is 1490. The molecule has 2 aromatic carbocycles. The second-order valence-electron chi connectivity index (χ2n) is 12.1. The van der Waals surface area contributed by atoms with Crippen LogP contribution in [0.3, 0.4) is 0 Å². The molecule has 0 aromatic heterocycles. The van der Waals surface area contributed by atoms with Crippen LogP contribution in [0.1, 0.15) is 36.3 Å². The van der Waals surface area contributed by atoms with Crippen molar-refractivity contribution in [1.29, 1.82) is 0 Å². The molecule has 0 spiro atoms. The highest BCUT2D eigenvalue weighted by Gasteiger charge is 2.63. The molecule has 0 radical (unpaired) electrons. The van der Waals surface area contributed by atoms with Crippen LogP contribution in [0.4, 0.5) is 0 Å². The molecule has 4 rings (SSSR count). The minimum absolute atomic E-state index is 0.0153. The SMILES string of the molecule is NCCNC(=O)[C@H](C[C@@H](O)CN)NC(=O)[C@]12CC1c1cc(ccc1O)-c1ccc(O)c(c1)C[C@H](N)C(=O)N[C@@H](C[C@@H](O)CN)C(=O)N2. The number of aliphatic hydroxyl groups excluding tert-OH is 2. The Kier molecular flexibility index (Phi) is 11.4. The van der Waals surface area contributed by atoms with Crippen LogP contribution in [-0.4, -0.2) is 106 Å². The maximum absolute atomic E-state index is 14.1. The Morgan fingerprint density at radius 1 is 0.957 bits per heavy atom. The zero-order chi connectivity index (χ0) is 34.5. The fourth-order valence-electron chi connectivity index (χ4n) is 5.75. The molecular formula is C31H44N8O8. The summed E-state index contributed by atoms with van der Waals surface area (Å²) in [5.41, 5.74) is 23.0. The third kappa shape index (κ3) is 8.16. The number of nitrogens with two attached hydrogens (primary N) is 4. The number of rotatable bonds is 11. The fourth-order valence-corrected chi connectivity index (χ4v) is 5.75. The van der Waals surface area contributed by atoms with Gasteiger partial charge in [-0.3, -0.25) is 19.2 Å². The third-order valence-corrected chi connectivity index (χ3v) is 8.56. The van der Waals surface area contributed by atoms with Crippen molar-refractivity contribution in [2.24, 2.45) is 22.9 Å². The van der Waals surface area contributed by atoms with E-state index in [1.807, 2.05) is 0 Å². The summed E-state index contributed by atoms with van der Waals surface area (Å²) in [6, 6.07) is 5.60. The van der Waals surface area contributed by atoms with Gasteiger partial charge in [-0.1, -0.05) is 12.1 Å². The van der Waals surface area contributed by atoms with Gasteiger partial charge in [0, 0.05) is 56.9 Å².